The van der Waals surface area contributed by atoms with Gasteiger partial charge in [-0.2, -0.15) is 0 Å². The number of benzene rings is 1. The van der Waals surface area contributed by atoms with Crippen LogP contribution in [-0.4, -0.2) is 55.8 Å². The van der Waals surface area contributed by atoms with Crippen LogP contribution in [0, 0.1) is 5.82 Å². The van der Waals surface area contributed by atoms with Gasteiger partial charge in [-0.05, 0) is 38.5 Å². The smallest absolute Gasteiger partial charge is 0.410 e. The number of nitrogens with one attached hydrogen (secondary N) is 2. The molecule has 0 spiro atoms. The lowest BCUT2D eigenvalue weighted by Crippen LogP contribution is -2.63. The van der Waals surface area contributed by atoms with E-state index in [1.165, 1.54) is 13.2 Å². The van der Waals surface area contributed by atoms with E-state index < -0.39 is 5.60 Å². The van der Waals surface area contributed by atoms with Gasteiger partial charge in [-0.1, -0.05) is 6.07 Å². The van der Waals surface area contributed by atoms with Crippen LogP contribution in [0.1, 0.15) is 31.9 Å². The van der Waals surface area contributed by atoms with E-state index in [-0.39, 0.29) is 48.5 Å². The van der Waals surface area contributed by atoms with E-state index in [4.69, 9.17) is 9.47 Å². The highest BCUT2D eigenvalue weighted by molar-refractivity contribution is 14.0. The second kappa shape index (κ2) is 10.8. The molecule has 9 heteroatoms. The van der Waals surface area contributed by atoms with Crippen LogP contribution in [0.4, 0.5) is 9.18 Å². The first-order valence-electron chi connectivity index (χ1n) is 8.93. The average Bonchev–Trinajstić information content (AvgIpc) is 2.54. The first kappa shape index (κ1) is 24.4. The fraction of sp³-hybridized carbons (Fsp3) is 0.579. The zero-order valence-electron chi connectivity index (χ0n) is 17.0. The Morgan fingerprint density at radius 1 is 1.36 bits per heavy atom. The molecule has 1 saturated heterocycles. The van der Waals surface area contributed by atoms with Crippen LogP contribution in [-0.2, 0) is 22.6 Å². The molecule has 7 nitrogen and oxygen atoms in total. The van der Waals surface area contributed by atoms with Gasteiger partial charge < -0.3 is 25.0 Å². The molecule has 0 saturated carbocycles. The minimum Gasteiger partial charge on any atom is -0.444 e. The Balaban J connectivity index is 0.00000392. The molecule has 1 fully saturated rings. The molecule has 0 atom stereocenters. The maximum atomic E-state index is 13.7. The third-order valence-electron chi connectivity index (χ3n) is 3.97. The van der Waals surface area contributed by atoms with Gasteiger partial charge in [-0.15, -0.1) is 24.0 Å². The summed E-state index contributed by atoms with van der Waals surface area (Å²) in [6.07, 6.45) is -0.305. The number of ether oxygens (including phenoxy) is 2. The number of likely N-dealkylation sites (tertiary alicyclic amines) is 1. The van der Waals surface area contributed by atoms with Crippen LogP contribution in [0.5, 0.6) is 0 Å². The molecule has 1 heterocycles. The van der Waals surface area contributed by atoms with Gasteiger partial charge in [0.15, 0.2) is 5.96 Å². The summed E-state index contributed by atoms with van der Waals surface area (Å²) in [6.45, 7) is 7.39. The van der Waals surface area contributed by atoms with Crippen molar-refractivity contribution >= 4 is 36.0 Å². The van der Waals surface area contributed by atoms with Crippen molar-refractivity contribution in [1.29, 1.82) is 0 Å². The minimum absolute atomic E-state index is 0. The van der Waals surface area contributed by atoms with Crippen LogP contribution >= 0.6 is 24.0 Å². The van der Waals surface area contributed by atoms with E-state index in [1.54, 1.807) is 24.1 Å². The zero-order valence-corrected chi connectivity index (χ0v) is 19.4. The van der Waals surface area contributed by atoms with E-state index in [2.05, 4.69) is 15.6 Å². The monoisotopic (exact) mass is 508 g/mol. The summed E-state index contributed by atoms with van der Waals surface area (Å²) in [6, 6.07) is 5.04. The lowest BCUT2D eigenvalue weighted by Gasteiger charge is -2.40. The largest absolute Gasteiger partial charge is 0.444 e. The number of halogens is 2. The molecule has 1 amide bonds. The van der Waals surface area contributed by atoms with Crippen molar-refractivity contribution in [3.63, 3.8) is 0 Å². The fourth-order valence-corrected chi connectivity index (χ4v) is 2.62. The molecular formula is C19H30FIN4O3. The summed E-state index contributed by atoms with van der Waals surface area (Å²) in [5.41, 5.74) is 0.950. The molecule has 2 rings (SSSR count). The first-order chi connectivity index (χ1) is 12.7. The molecule has 0 aromatic heterocycles. The lowest BCUT2D eigenvalue weighted by molar-refractivity contribution is 0.00701. The van der Waals surface area contributed by atoms with Gasteiger partial charge in [-0.25, -0.2) is 9.18 Å². The molecule has 0 unspecified atom stereocenters. The number of rotatable bonds is 5. The van der Waals surface area contributed by atoms with Gasteiger partial charge >= 0.3 is 6.09 Å². The van der Waals surface area contributed by atoms with Gasteiger partial charge in [0, 0.05) is 39.4 Å². The van der Waals surface area contributed by atoms with Crippen LogP contribution < -0.4 is 10.6 Å². The summed E-state index contributed by atoms with van der Waals surface area (Å²) in [4.78, 5) is 17.8. The highest BCUT2D eigenvalue weighted by atomic mass is 127. The predicted octanol–water partition coefficient (Wildman–Crippen LogP) is 2.87. The van der Waals surface area contributed by atoms with Crippen molar-refractivity contribution in [1.82, 2.24) is 15.5 Å². The van der Waals surface area contributed by atoms with Gasteiger partial charge in [0.05, 0.1) is 12.6 Å². The number of guanidine groups is 1. The lowest BCUT2D eigenvalue weighted by atomic mass is 10.1. The molecule has 1 aromatic rings. The van der Waals surface area contributed by atoms with E-state index >= 15 is 0 Å². The topological polar surface area (TPSA) is 75.2 Å². The molecule has 1 aliphatic rings. The number of amides is 1. The summed E-state index contributed by atoms with van der Waals surface area (Å²) >= 11 is 0. The van der Waals surface area contributed by atoms with E-state index in [1.807, 2.05) is 20.8 Å². The van der Waals surface area contributed by atoms with Crippen LogP contribution in [0.15, 0.2) is 23.2 Å². The zero-order chi connectivity index (χ0) is 20.0. The second-order valence-corrected chi connectivity index (χ2v) is 7.51. The summed E-state index contributed by atoms with van der Waals surface area (Å²) in [7, 11) is 3.22. The number of nitrogens with zero attached hydrogens (tertiary/aromatic N) is 2. The van der Waals surface area contributed by atoms with Crippen molar-refractivity contribution in [2.75, 3.05) is 27.2 Å². The Morgan fingerprint density at radius 2 is 2.04 bits per heavy atom. The second-order valence-electron chi connectivity index (χ2n) is 7.51. The Bertz CT molecular complexity index is 688. The van der Waals surface area contributed by atoms with Gasteiger partial charge in [0.2, 0.25) is 0 Å². The third kappa shape index (κ3) is 7.42. The highest BCUT2D eigenvalue weighted by Crippen LogP contribution is 2.15. The normalized spacial score (nSPS) is 14.8. The van der Waals surface area contributed by atoms with Gasteiger partial charge in [0.25, 0.3) is 0 Å². The Labute approximate surface area is 183 Å². The van der Waals surface area contributed by atoms with Crippen molar-refractivity contribution in [2.24, 2.45) is 4.99 Å². The number of hydrogen-bond acceptors (Lipinski definition) is 4. The standard InChI is InChI=1S/C19H29FN4O3.HI/c1-19(2,3)27-18(25)24-10-15(11-24)23-17(21-4)22-9-13-6-7-16(20)14(8-13)12-26-5;/h6-8,15H,9-12H2,1-5H3,(H2,21,22,23);1H. The molecule has 0 aliphatic carbocycles. The number of aliphatic imine (C=N–C) groups is 1. The SMILES string of the molecule is CN=C(NCc1ccc(F)c(COC)c1)NC1CN(C(=O)OC(C)(C)C)C1.I. The molecule has 1 aliphatic heterocycles. The Hall–Kier alpha value is -1.62. The molecule has 2 N–H and O–H groups in total. The minimum atomic E-state index is -0.496. The van der Waals surface area contributed by atoms with Crippen molar-refractivity contribution in [3.8, 4) is 0 Å². The van der Waals surface area contributed by atoms with Crippen LogP contribution in [0.25, 0.3) is 0 Å². The van der Waals surface area contributed by atoms with E-state index in [9.17, 15) is 9.18 Å². The van der Waals surface area contributed by atoms with Crippen molar-refractivity contribution in [3.05, 3.63) is 35.1 Å². The molecule has 1 aromatic carbocycles. The molecular weight excluding hydrogens is 478 g/mol. The fourth-order valence-electron chi connectivity index (χ4n) is 2.62. The summed E-state index contributed by atoms with van der Waals surface area (Å²) in [5, 5.41) is 6.46. The maximum absolute atomic E-state index is 13.7. The highest BCUT2D eigenvalue weighted by Gasteiger charge is 2.34. The Morgan fingerprint density at radius 3 is 2.61 bits per heavy atom. The number of carbonyl (C=O) groups is 1. The molecule has 0 radical (unpaired) electrons. The van der Waals surface area contributed by atoms with Crippen LogP contribution in [0.3, 0.4) is 0 Å². The summed E-state index contributed by atoms with van der Waals surface area (Å²) < 4.78 is 24.0. The molecule has 28 heavy (non-hydrogen) atoms. The Kier molecular flexibility index (Phi) is 9.42. The van der Waals surface area contributed by atoms with E-state index in [0.717, 1.165) is 5.56 Å². The number of carbonyl (C=O) groups excluding carboxylic acids is 1. The van der Waals surface area contributed by atoms with Gasteiger partial charge in [-0.3, -0.25) is 4.99 Å². The predicted molar refractivity (Wildman–Crippen MR) is 117 cm³/mol. The number of hydrogen-bond donors (Lipinski definition) is 2. The van der Waals surface area contributed by atoms with Crippen molar-refractivity contribution < 1.29 is 18.7 Å². The first-order valence-corrected chi connectivity index (χ1v) is 8.93. The van der Waals surface area contributed by atoms with E-state index in [0.29, 0.717) is 31.2 Å². The maximum Gasteiger partial charge on any atom is 0.410 e. The third-order valence-corrected chi connectivity index (χ3v) is 3.97. The van der Waals surface area contributed by atoms with Crippen molar-refractivity contribution in [2.45, 2.75) is 45.6 Å². The van der Waals surface area contributed by atoms with Gasteiger partial charge in [0.1, 0.15) is 11.4 Å². The van der Waals surface area contributed by atoms with Crippen LogP contribution in [0.2, 0.25) is 0 Å². The quantitative estimate of drug-likeness (QED) is 0.364. The molecule has 0 bridgehead atoms. The molecule has 158 valence electrons. The summed E-state index contributed by atoms with van der Waals surface area (Å²) in [5.74, 6) is 0.348. The number of methoxy groups -OCH3 is 1. The average molecular weight is 508 g/mol.